The number of pyridine rings is 1. The molecule has 0 aliphatic heterocycles. The van der Waals surface area contributed by atoms with E-state index in [4.69, 9.17) is 9.26 Å². The van der Waals surface area contributed by atoms with Crippen LogP contribution in [0.15, 0.2) is 77.8 Å². The van der Waals surface area contributed by atoms with Crippen molar-refractivity contribution < 1.29 is 18.8 Å². The maximum Gasteiger partial charge on any atom is 0.324 e. The minimum atomic E-state index is -0.550. The Balaban J connectivity index is 1.53. The number of hydrogen-bond donors (Lipinski definition) is 3. The van der Waals surface area contributed by atoms with E-state index in [2.05, 4.69) is 25.8 Å². The lowest BCUT2D eigenvalue weighted by Gasteiger charge is -2.16. The number of H-pyrrole nitrogens is 1. The number of rotatable bonds is 6. The van der Waals surface area contributed by atoms with Gasteiger partial charge in [0.15, 0.2) is 5.82 Å². The lowest BCUT2D eigenvalue weighted by atomic mass is 9.99. The van der Waals surface area contributed by atoms with E-state index in [-0.39, 0.29) is 11.7 Å². The van der Waals surface area contributed by atoms with Gasteiger partial charge in [0.2, 0.25) is 0 Å². The number of hydrogen-bond acceptors (Lipinski definition) is 6. The Labute approximate surface area is 212 Å². The van der Waals surface area contributed by atoms with Gasteiger partial charge in [-0.1, -0.05) is 29.4 Å². The van der Waals surface area contributed by atoms with E-state index >= 15 is 0 Å². The van der Waals surface area contributed by atoms with Gasteiger partial charge < -0.3 is 24.5 Å². The largest absolute Gasteiger partial charge is 0.496 e. The van der Waals surface area contributed by atoms with Gasteiger partial charge in [0, 0.05) is 54.6 Å². The Morgan fingerprint density at radius 1 is 1.00 bits per heavy atom. The molecular weight excluding hydrogens is 472 g/mol. The van der Waals surface area contributed by atoms with E-state index in [0.717, 1.165) is 39.0 Å². The Morgan fingerprint density at radius 2 is 1.84 bits per heavy atom. The zero-order chi connectivity index (χ0) is 25.9. The lowest BCUT2D eigenvalue weighted by Crippen LogP contribution is -2.25. The van der Waals surface area contributed by atoms with Crippen LogP contribution in [-0.4, -0.2) is 53.2 Å². The highest BCUT2D eigenvalue weighted by atomic mass is 16.5. The van der Waals surface area contributed by atoms with Crippen molar-refractivity contribution in [1.82, 2.24) is 20.0 Å². The number of methoxy groups -OCH3 is 1. The number of carbonyl (C=O) groups excluding carboxylic acids is 2. The van der Waals surface area contributed by atoms with Crippen molar-refractivity contribution in [2.75, 3.05) is 31.8 Å². The molecule has 0 fully saturated rings. The Morgan fingerprint density at radius 3 is 2.59 bits per heavy atom. The quantitative estimate of drug-likeness (QED) is 0.295. The fraction of sp³-hybridized carbons (Fsp3) is 0.111. The Bertz CT molecular complexity index is 1590. The first-order valence-corrected chi connectivity index (χ1v) is 11.4. The summed E-state index contributed by atoms with van der Waals surface area (Å²) in [7, 11) is 4.95. The molecule has 0 aliphatic carbocycles. The van der Waals surface area contributed by atoms with Crippen molar-refractivity contribution in [2.24, 2.45) is 0 Å². The third kappa shape index (κ3) is 4.72. The molecule has 10 nitrogen and oxygen atoms in total. The number of urea groups is 1. The van der Waals surface area contributed by atoms with Crippen LogP contribution in [0.5, 0.6) is 5.75 Å². The minimum absolute atomic E-state index is 0.256. The number of anilines is 2. The molecule has 0 bridgehead atoms. The smallest absolute Gasteiger partial charge is 0.324 e. The van der Waals surface area contributed by atoms with Gasteiger partial charge in [0.25, 0.3) is 5.91 Å². The molecule has 5 rings (SSSR count). The van der Waals surface area contributed by atoms with Gasteiger partial charge in [-0.25, -0.2) is 9.78 Å². The normalized spacial score (nSPS) is 10.8. The van der Waals surface area contributed by atoms with Crippen LogP contribution in [-0.2, 0) is 0 Å². The SMILES string of the molecule is COc1ccccc1-c1c[nH]c2ncc(-c3ccc(NC(=O)Nc4ccon4)c(C(=O)N(C)C)c3)cc12. The second-order valence-electron chi connectivity index (χ2n) is 8.45. The van der Waals surface area contributed by atoms with Gasteiger partial charge in [-0.3, -0.25) is 10.1 Å². The molecular formula is C27H24N6O4. The van der Waals surface area contributed by atoms with Crippen LogP contribution < -0.4 is 15.4 Å². The highest BCUT2D eigenvalue weighted by Crippen LogP contribution is 2.36. The van der Waals surface area contributed by atoms with Crippen LogP contribution in [0.25, 0.3) is 33.3 Å². The zero-order valence-corrected chi connectivity index (χ0v) is 20.4. The maximum atomic E-state index is 13.0. The van der Waals surface area contributed by atoms with E-state index < -0.39 is 6.03 Å². The first kappa shape index (κ1) is 23.6. The average Bonchev–Trinajstić information content (AvgIpc) is 3.57. The molecule has 37 heavy (non-hydrogen) atoms. The van der Waals surface area contributed by atoms with Gasteiger partial charge in [-0.05, 0) is 29.8 Å². The molecule has 0 radical (unpaired) electrons. The van der Waals surface area contributed by atoms with Gasteiger partial charge in [0.1, 0.15) is 17.7 Å². The maximum absolute atomic E-state index is 13.0. The van der Waals surface area contributed by atoms with Crippen molar-refractivity contribution in [3.05, 3.63) is 78.8 Å². The van der Waals surface area contributed by atoms with Crippen molar-refractivity contribution in [3.63, 3.8) is 0 Å². The summed E-state index contributed by atoms with van der Waals surface area (Å²) < 4.78 is 10.3. The first-order chi connectivity index (χ1) is 17.9. The van der Waals surface area contributed by atoms with Crippen LogP contribution in [0.4, 0.5) is 16.3 Å². The summed E-state index contributed by atoms with van der Waals surface area (Å²) in [5.41, 5.74) is 4.90. The Hall–Kier alpha value is -5.12. The third-order valence-corrected chi connectivity index (χ3v) is 5.85. The number of aromatic nitrogens is 3. The molecule has 0 atom stereocenters. The van der Waals surface area contributed by atoms with E-state index in [1.165, 1.54) is 17.2 Å². The van der Waals surface area contributed by atoms with E-state index in [9.17, 15) is 9.59 Å². The minimum Gasteiger partial charge on any atom is -0.496 e. The van der Waals surface area contributed by atoms with Crippen LogP contribution in [0, 0.1) is 0 Å². The number of amides is 3. The van der Waals surface area contributed by atoms with Gasteiger partial charge in [-0.15, -0.1) is 0 Å². The summed E-state index contributed by atoms with van der Waals surface area (Å²) in [5.74, 6) is 0.752. The molecule has 3 N–H and O–H groups in total. The van der Waals surface area contributed by atoms with Crippen LogP contribution in [0.1, 0.15) is 10.4 Å². The molecule has 10 heteroatoms. The summed E-state index contributed by atoms with van der Waals surface area (Å²) in [6.45, 7) is 0. The summed E-state index contributed by atoms with van der Waals surface area (Å²) in [6.07, 6.45) is 5.00. The van der Waals surface area contributed by atoms with Crippen molar-refractivity contribution in [3.8, 4) is 28.0 Å². The van der Waals surface area contributed by atoms with E-state index in [0.29, 0.717) is 11.3 Å². The molecule has 186 valence electrons. The molecule has 0 aliphatic rings. The molecule has 0 unspecified atom stereocenters. The number of fused-ring (bicyclic) bond motifs is 1. The molecule has 3 heterocycles. The number of benzene rings is 2. The van der Waals surface area contributed by atoms with Crippen LogP contribution >= 0.6 is 0 Å². The average molecular weight is 497 g/mol. The van der Waals surface area contributed by atoms with E-state index in [1.54, 1.807) is 39.5 Å². The number of aromatic amines is 1. The van der Waals surface area contributed by atoms with Crippen molar-refractivity contribution in [2.45, 2.75) is 0 Å². The highest BCUT2D eigenvalue weighted by molar-refractivity contribution is 6.07. The van der Waals surface area contributed by atoms with Gasteiger partial charge in [0.05, 0.1) is 18.4 Å². The van der Waals surface area contributed by atoms with Crippen LogP contribution in [0.2, 0.25) is 0 Å². The first-order valence-electron chi connectivity index (χ1n) is 11.4. The second kappa shape index (κ2) is 9.86. The molecule has 5 aromatic rings. The van der Waals surface area contributed by atoms with Gasteiger partial charge >= 0.3 is 6.03 Å². The summed E-state index contributed by atoms with van der Waals surface area (Å²) in [4.78, 5) is 34.8. The highest BCUT2D eigenvalue weighted by Gasteiger charge is 2.18. The fourth-order valence-corrected chi connectivity index (χ4v) is 4.05. The number of nitrogens with zero attached hydrogens (tertiary/aromatic N) is 3. The van der Waals surface area contributed by atoms with Crippen molar-refractivity contribution >= 4 is 34.5 Å². The number of nitrogens with one attached hydrogen (secondary N) is 3. The monoisotopic (exact) mass is 496 g/mol. The predicted octanol–water partition coefficient (Wildman–Crippen LogP) is 5.24. The van der Waals surface area contributed by atoms with Crippen molar-refractivity contribution in [1.29, 1.82) is 0 Å². The molecule has 2 aromatic carbocycles. The number of carbonyl (C=O) groups is 2. The molecule has 0 saturated carbocycles. The summed E-state index contributed by atoms with van der Waals surface area (Å²) >= 11 is 0. The van der Waals surface area contributed by atoms with E-state index in [1.807, 2.05) is 42.6 Å². The van der Waals surface area contributed by atoms with Gasteiger partial charge in [-0.2, -0.15) is 0 Å². The zero-order valence-electron chi connectivity index (χ0n) is 20.4. The molecule has 3 aromatic heterocycles. The fourth-order valence-electron chi connectivity index (χ4n) is 4.05. The second-order valence-corrected chi connectivity index (χ2v) is 8.45. The molecule has 3 amide bonds. The van der Waals surface area contributed by atoms with Crippen LogP contribution in [0.3, 0.4) is 0 Å². The molecule has 0 spiro atoms. The predicted molar refractivity (Wildman–Crippen MR) is 141 cm³/mol. The number of para-hydroxylation sites is 1. The number of ether oxygens (including phenoxy) is 1. The third-order valence-electron chi connectivity index (χ3n) is 5.85. The summed E-state index contributed by atoms with van der Waals surface area (Å²) in [6, 6.07) is 16.0. The molecule has 0 saturated heterocycles. The topological polar surface area (TPSA) is 125 Å². The summed E-state index contributed by atoms with van der Waals surface area (Å²) in [5, 5.41) is 9.85. The standard InChI is InChI=1S/C27H24N6O4/c1-33(2)26(34)20-12-16(8-9-22(20)30-27(35)31-24-10-11-37-32-24)17-13-19-21(15-29-25(19)28-14-17)18-6-4-5-7-23(18)36-3/h4-15H,1-3H3,(H,28,29)(H2,30,31,32,35). The Kier molecular flexibility index (Phi) is 6.29. The lowest BCUT2D eigenvalue weighted by molar-refractivity contribution is 0.0828.